The van der Waals surface area contributed by atoms with Crippen molar-refractivity contribution in [3.8, 4) is 0 Å². The largest absolute Gasteiger partial charge is 0.463 e. The molecule has 9 heteroatoms. The van der Waals surface area contributed by atoms with Gasteiger partial charge in [0.1, 0.15) is 13.3 Å². The Morgan fingerprint density at radius 3 is 1.35 bits per heavy atom. The number of carbonyl (C=O) groups is 1. The van der Waals surface area contributed by atoms with Gasteiger partial charge in [0.2, 0.25) is 0 Å². The van der Waals surface area contributed by atoms with Gasteiger partial charge in [-0.2, -0.15) is 0 Å². The molecule has 0 fully saturated rings. The van der Waals surface area contributed by atoms with Crippen molar-refractivity contribution in [3.63, 3.8) is 0 Å². The molecule has 0 aromatic carbocycles. The normalized spacial score (nSPS) is 11.2. The van der Waals surface area contributed by atoms with Gasteiger partial charge in [-0.15, -0.1) is 0 Å². The number of rotatable bonds is 26. The van der Waals surface area contributed by atoms with Crippen LogP contribution in [0.25, 0.3) is 0 Å². The summed E-state index contributed by atoms with van der Waals surface area (Å²) in [5, 5.41) is 0. The topological polar surface area (TPSA) is 81.7 Å². The highest BCUT2D eigenvalue weighted by molar-refractivity contribution is 5.69. The second-order valence-corrected chi connectivity index (χ2v) is 6.75. The Balaban J connectivity index is 3.08. The highest BCUT2D eigenvalue weighted by Gasteiger charge is 2.02. The van der Waals surface area contributed by atoms with E-state index in [1.54, 1.807) is 0 Å². The molecule has 0 aromatic rings. The number of hydrogen-bond donors (Lipinski definition) is 0. The summed E-state index contributed by atoms with van der Waals surface area (Å²) < 4.78 is 48.6. The van der Waals surface area contributed by atoms with Crippen molar-refractivity contribution in [1.29, 1.82) is 0 Å². The Morgan fingerprint density at radius 2 is 0.935 bits per heavy atom. The van der Waals surface area contributed by atoms with Crippen molar-refractivity contribution < 1.29 is 42.3 Å². The summed E-state index contributed by atoms with van der Waals surface area (Å²) in [5.74, 6) is -0.148. The number of unbranched alkanes of at least 4 members (excludes halogenated alkanes) is 4. The Hall–Kier alpha value is -0.840. The third-order valence-electron chi connectivity index (χ3n) is 4.06. The molecule has 0 amide bonds. The molecule has 186 valence electrons. The maximum absolute atomic E-state index is 11.8. The van der Waals surface area contributed by atoms with Crippen molar-refractivity contribution in [1.82, 2.24) is 0 Å². The Morgan fingerprint density at radius 1 is 0.548 bits per heavy atom. The van der Waals surface area contributed by atoms with E-state index in [0.29, 0.717) is 79.1 Å². The van der Waals surface area contributed by atoms with Gasteiger partial charge in [0.05, 0.1) is 79.3 Å². The molecule has 0 heterocycles. The summed E-state index contributed by atoms with van der Waals surface area (Å²) in [6.07, 6.45) is 6.08. The van der Waals surface area contributed by atoms with Crippen molar-refractivity contribution in [2.24, 2.45) is 0 Å². The first-order valence-corrected chi connectivity index (χ1v) is 11.5. The average molecular weight is 455 g/mol. The maximum Gasteiger partial charge on any atom is 0.305 e. The molecule has 0 aromatic heterocycles. The van der Waals surface area contributed by atoms with E-state index in [4.69, 9.17) is 33.2 Å². The lowest BCUT2D eigenvalue weighted by molar-refractivity contribution is -0.145. The molecule has 0 aliphatic rings. The van der Waals surface area contributed by atoms with E-state index >= 15 is 0 Å². The van der Waals surface area contributed by atoms with E-state index in [1.807, 2.05) is 0 Å². The molecule has 0 spiro atoms. The lowest BCUT2D eigenvalue weighted by Crippen LogP contribution is -2.15. The zero-order valence-corrected chi connectivity index (χ0v) is 19.3. The molecule has 0 saturated heterocycles. The predicted octanol–water partition coefficient (Wildman–Crippen LogP) is 2.96. The molecule has 0 rings (SSSR count). The van der Waals surface area contributed by atoms with Gasteiger partial charge in [0, 0.05) is 6.42 Å². The summed E-state index contributed by atoms with van der Waals surface area (Å²) >= 11 is 0. The Bertz CT molecular complexity index is 360. The summed E-state index contributed by atoms with van der Waals surface area (Å²) in [4.78, 5) is 11.5. The van der Waals surface area contributed by atoms with Gasteiger partial charge < -0.3 is 33.2 Å². The fraction of sp³-hybridized carbons (Fsp3) is 0.955. The molecule has 0 radical (unpaired) electrons. The lowest BCUT2D eigenvalue weighted by Gasteiger charge is -2.08. The third-order valence-corrected chi connectivity index (χ3v) is 4.06. The smallest absolute Gasteiger partial charge is 0.305 e. The van der Waals surface area contributed by atoms with Crippen LogP contribution < -0.4 is 0 Å². The second kappa shape index (κ2) is 27.2. The van der Waals surface area contributed by atoms with E-state index in [-0.39, 0.29) is 19.2 Å². The van der Waals surface area contributed by atoms with Gasteiger partial charge >= 0.3 is 5.97 Å². The van der Waals surface area contributed by atoms with Crippen molar-refractivity contribution >= 4 is 5.97 Å². The molecular formula is C22H43FO8. The zero-order valence-electron chi connectivity index (χ0n) is 19.3. The first-order chi connectivity index (χ1) is 15.3. The van der Waals surface area contributed by atoms with E-state index < -0.39 is 6.67 Å². The Kier molecular flexibility index (Phi) is 26.5. The molecule has 0 atom stereocenters. The van der Waals surface area contributed by atoms with E-state index in [9.17, 15) is 9.18 Å². The maximum atomic E-state index is 11.8. The fourth-order valence-corrected chi connectivity index (χ4v) is 2.42. The van der Waals surface area contributed by atoms with Crippen LogP contribution in [0.2, 0.25) is 0 Å². The molecule has 8 nitrogen and oxygen atoms in total. The van der Waals surface area contributed by atoms with Crippen LogP contribution >= 0.6 is 0 Å². The number of esters is 1. The first kappa shape index (κ1) is 30.2. The summed E-state index contributed by atoms with van der Waals surface area (Å²) in [6, 6.07) is 0. The van der Waals surface area contributed by atoms with E-state index in [2.05, 4.69) is 6.92 Å². The van der Waals surface area contributed by atoms with E-state index in [0.717, 1.165) is 12.8 Å². The minimum Gasteiger partial charge on any atom is -0.463 e. The van der Waals surface area contributed by atoms with Crippen LogP contribution in [0.15, 0.2) is 0 Å². The summed E-state index contributed by atoms with van der Waals surface area (Å²) in [7, 11) is 0. The third kappa shape index (κ3) is 27.1. The predicted molar refractivity (Wildman–Crippen MR) is 115 cm³/mol. The van der Waals surface area contributed by atoms with Crippen LogP contribution in [-0.4, -0.2) is 98.5 Å². The fourth-order valence-electron chi connectivity index (χ4n) is 2.42. The van der Waals surface area contributed by atoms with Gasteiger partial charge in [0.15, 0.2) is 0 Å². The minimum absolute atomic E-state index is 0.115. The average Bonchev–Trinajstić information content (AvgIpc) is 2.77. The van der Waals surface area contributed by atoms with Crippen LogP contribution in [0.3, 0.4) is 0 Å². The lowest BCUT2D eigenvalue weighted by atomic mass is 10.1. The van der Waals surface area contributed by atoms with Crippen LogP contribution in [0.5, 0.6) is 0 Å². The molecule has 0 aliphatic carbocycles. The van der Waals surface area contributed by atoms with Crippen LogP contribution in [0.4, 0.5) is 4.39 Å². The van der Waals surface area contributed by atoms with Crippen molar-refractivity contribution in [2.45, 2.75) is 45.4 Å². The van der Waals surface area contributed by atoms with E-state index in [1.165, 1.54) is 19.3 Å². The molecule has 0 bridgehead atoms. The van der Waals surface area contributed by atoms with Gasteiger partial charge in [-0.1, -0.05) is 32.6 Å². The zero-order chi connectivity index (χ0) is 22.7. The molecule has 0 N–H and O–H groups in total. The van der Waals surface area contributed by atoms with Crippen LogP contribution in [0, 0.1) is 0 Å². The summed E-state index contributed by atoms with van der Waals surface area (Å²) in [6.45, 7) is 7.14. The van der Waals surface area contributed by atoms with Crippen LogP contribution in [0.1, 0.15) is 45.4 Å². The van der Waals surface area contributed by atoms with Crippen molar-refractivity contribution in [3.05, 3.63) is 0 Å². The highest BCUT2D eigenvalue weighted by atomic mass is 19.1. The van der Waals surface area contributed by atoms with Gasteiger partial charge in [0.25, 0.3) is 0 Å². The van der Waals surface area contributed by atoms with Crippen LogP contribution in [-0.2, 0) is 38.0 Å². The van der Waals surface area contributed by atoms with Gasteiger partial charge in [-0.05, 0) is 6.42 Å². The quantitative estimate of drug-likeness (QED) is 0.146. The second-order valence-electron chi connectivity index (χ2n) is 6.75. The SMILES string of the molecule is CCCCCCCC(=O)OCCOCCOCCOCCOCCOCCOCCF. The molecule has 31 heavy (non-hydrogen) atoms. The summed E-state index contributed by atoms with van der Waals surface area (Å²) in [5.41, 5.74) is 0. The first-order valence-electron chi connectivity index (χ1n) is 11.5. The monoisotopic (exact) mass is 454 g/mol. The minimum atomic E-state index is -0.472. The molecular weight excluding hydrogens is 411 g/mol. The van der Waals surface area contributed by atoms with Gasteiger partial charge in [-0.3, -0.25) is 4.79 Å². The molecule has 0 unspecified atom stereocenters. The highest BCUT2D eigenvalue weighted by Crippen LogP contribution is 2.05. The Labute approximate surface area is 187 Å². The number of carbonyl (C=O) groups excluding carboxylic acids is 1. The van der Waals surface area contributed by atoms with Gasteiger partial charge in [-0.25, -0.2) is 4.39 Å². The molecule has 0 aliphatic heterocycles. The standard InChI is InChI=1S/C22H43FO8/c1-2-3-4-5-6-7-22(24)31-21-20-30-19-18-29-17-16-28-15-14-27-13-12-26-11-10-25-9-8-23/h2-21H2,1H3. The number of halogens is 1. The number of hydrogen-bond acceptors (Lipinski definition) is 8. The van der Waals surface area contributed by atoms with Crippen molar-refractivity contribution in [2.75, 3.05) is 92.6 Å². The number of alkyl halides is 1. The number of ether oxygens (including phenoxy) is 7. The molecule has 0 saturated carbocycles.